The molecule has 1 amide bonds. The molecule has 3 aromatic rings. The first-order valence-electron chi connectivity index (χ1n) is 10.3. The molecule has 1 N–H and O–H groups in total. The second-order valence-electron chi connectivity index (χ2n) is 7.52. The van der Waals surface area contributed by atoms with E-state index in [4.69, 9.17) is 14.0 Å². The number of hydrogen-bond donors (Lipinski definition) is 1. The lowest BCUT2D eigenvalue weighted by molar-refractivity contribution is -0.120. The number of aromatic nitrogens is 1. The van der Waals surface area contributed by atoms with Crippen LogP contribution in [0.25, 0.3) is 0 Å². The van der Waals surface area contributed by atoms with Crippen LogP contribution in [0.1, 0.15) is 35.1 Å². The van der Waals surface area contributed by atoms with Gasteiger partial charge in [0.2, 0.25) is 5.91 Å². The third kappa shape index (κ3) is 5.55. The number of ether oxygens (including phenoxy) is 2. The lowest BCUT2D eigenvalue weighted by atomic mass is 10.1. The van der Waals surface area contributed by atoms with Gasteiger partial charge in [-0.15, -0.1) is 0 Å². The number of nitrogens with zero attached hydrogens (tertiary/aromatic N) is 1. The van der Waals surface area contributed by atoms with E-state index in [1.54, 1.807) is 6.07 Å². The number of rotatable bonds is 9. The maximum atomic E-state index is 12.3. The van der Waals surface area contributed by atoms with E-state index in [0.717, 1.165) is 24.2 Å². The standard InChI is InChI=1S/C24H26N2O4/c27-23(25-15-19-11-12-28-16-19)14-21-13-22(30-26-21)24(20-9-5-2-6-10-20)29-17-18-7-3-1-4-8-18/h1-10,13,19,24H,11-12,14-17H2,(H,25,27). The number of hydrogen-bond acceptors (Lipinski definition) is 5. The van der Waals surface area contributed by atoms with Crippen LogP contribution in [-0.4, -0.2) is 30.8 Å². The summed E-state index contributed by atoms with van der Waals surface area (Å²) in [6, 6.07) is 21.7. The van der Waals surface area contributed by atoms with Gasteiger partial charge in [-0.2, -0.15) is 0 Å². The average molecular weight is 406 g/mol. The van der Waals surface area contributed by atoms with Gasteiger partial charge in [-0.25, -0.2) is 0 Å². The predicted octanol–water partition coefficient (Wildman–Crippen LogP) is 3.68. The highest BCUT2D eigenvalue weighted by Gasteiger charge is 2.22. The number of carbonyl (C=O) groups excluding carboxylic acids is 1. The second kappa shape index (κ2) is 10.2. The molecule has 1 aliphatic heterocycles. The maximum Gasteiger partial charge on any atom is 0.226 e. The molecular weight excluding hydrogens is 380 g/mol. The molecule has 0 saturated carbocycles. The van der Waals surface area contributed by atoms with Gasteiger partial charge in [-0.05, 0) is 17.5 Å². The highest BCUT2D eigenvalue weighted by molar-refractivity contribution is 5.78. The van der Waals surface area contributed by atoms with E-state index in [1.165, 1.54) is 0 Å². The van der Waals surface area contributed by atoms with Gasteiger partial charge in [-0.3, -0.25) is 4.79 Å². The third-order valence-corrected chi connectivity index (χ3v) is 5.15. The summed E-state index contributed by atoms with van der Waals surface area (Å²) in [4.78, 5) is 12.3. The van der Waals surface area contributed by atoms with Gasteiger partial charge in [0.15, 0.2) is 5.76 Å². The minimum Gasteiger partial charge on any atom is -0.381 e. The molecule has 6 heteroatoms. The zero-order valence-corrected chi connectivity index (χ0v) is 16.8. The Morgan fingerprint density at radius 2 is 1.90 bits per heavy atom. The molecular formula is C24H26N2O4. The molecule has 6 nitrogen and oxygen atoms in total. The lowest BCUT2D eigenvalue weighted by Crippen LogP contribution is -2.30. The molecule has 0 radical (unpaired) electrons. The van der Waals surface area contributed by atoms with E-state index in [1.807, 2.05) is 60.7 Å². The van der Waals surface area contributed by atoms with Crippen molar-refractivity contribution in [3.8, 4) is 0 Å². The third-order valence-electron chi connectivity index (χ3n) is 5.15. The van der Waals surface area contributed by atoms with Crippen LogP contribution in [0.2, 0.25) is 0 Å². The van der Waals surface area contributed by atoms with Crippen LogP contribution in [0, 0.1) is 5.92 Å². The van der Waals surface area contributed by atoms with Gasteiger partial charge < -0.3 is 19.3 Å². The number of carbonyl (C=O) groups is 1. The molecule has 0 aliphatic carbocycles. The fourth-order valence-electron chi connectivity index (χ4n) is 3.49. The Morgan fingerprint density at radius 1 is 1.13 bits per heavy atom. The maximum absolute atomic E-state index is 12.3. The summed E-state index contributed by atoms with van der Waals surface area (Å²) in [5.74, 6) is 0.919. The van der Waals surface area contributed by atoms with Gasteiger partial charge in [0.1, 0.15) is 6.10 Å². The molecule has 1 aliphatic rings. The van der Waals surface area contributed by atoms with Gasteiger partial charge in [-0.1, -0.05) is 65.8 Å². The van der Waals surface area contributed by atoms with Gasteiger partial charge in [0.05, 0.1) is 25.3 Å². The molecule has 30 heavy (non-hydrogen) atoms. The van der Waals surface area contributed by atoms with E-state index in [9.17, 15) is 4.79 Å². The van der Waals surface area contributed by atoms with Crippen molar-refractivity contribution in [3.63, 3.8) is 0 Å². The van der Waals surface area contributed by atoms with E-state index in [-0.39, 0.29) is 12.3 Å². The van der Waals surface area contributed by atoms with Crippen molar-refractivity contribution in [2.75, 3.05) is 19.8 Å². The quantitative estimate of drug-likeness (QED) is 0.587. The normalized spacial score (nSPS) is 17.0. The Bertz CT molecular complexity index is 921. The highest BCUT2D eigenvalue weighted by Crippen LogP contribution is 2.28. The molecule has 2 heterocycles. The Balaban J connectivity index is 1.40. The van der Waals surface area contributed by atoms with Crippen molar-refractivity contribution in [1.29, 1.82) is 0 Å². The zero-order chi connectivity index (χ0) is 20.6. The Morgan fingerprint density at radius 3 is 2.63 bits per heavy atom. The number of benzene rings is 2. The van der Waals surface area contributed by atoms with Crippen LogP contribution in [0.3, 0.4) is 0 Å². The monoisotopic (exact) mass is 406 g/mol. The summed E-state index contributed by atoms with van der Waals surface area (Å²) in [6.07, 6.45) is 0.773. The summed E-state index contributed by atoms with van der Waals surface area (Å²) >= 11 is 0. The largest absolute Gasteiger partial charge is 0.381 e. The molecule has 1 fully saturated rings. The molecule has 2 atom stereocenters. The zero-order valence-electron chi connectivity index (χ0n) is 16.8. The summed E-state index contributed by atoms with van der Waals surface area (Å²) in [5, 5.41) is 7.05. The van der Waals surface area contributed by atoms with Crippen molar-refractivity contribution in [2.45, 2.75) is 25.6 Å². The van der Waals surface area contributed by atoms with Crippen LogP contribution in [0.4, 0.5) is 0 Å². The van der Waals surface area contributed by atoms with Crippen LogP contribution in [0.15, 0.2) is 71.3 Å². The molecule has 2 unspecified atom stereocenters. The SMILES string of the molecule is O=C(Cc1cc(C(OCc2ccccc2)c2ccccc2)on1)NCC1CCOC1. The van der Waals surface area contributed by atoms with Crippen molar-refractivity contribution in [3.05, 3.63) is 89.3 Å². The minimum absolute atomic E-state index is 0.0665. The topological polar surface area (TPSA) is 73.6 Å². The first kappa shape index (κ1) is 20.3. The summed E-state index contributed by atoms with van der Waals surface area (Å²) in [7, 11) is 0. The van der Waals surface area contributed by atoms with Crippen LogP contribution < -0.4 is 5.32 Å². The Labute approximate surface area is 176 Å². The first-order valence-corrected chi connectivity index (χ1v) is 10.3. The molecule has 1 aromatic heterocycles. The van der Waals surface area contributed by atoms with Gasteiger partial charge >= 0.3 is 0 Å². The van der Waals surface area contributed by atoms with Crippen molar-refractivity contribution in [2.24, 2.45) is 5.92 Å². The summed E-state index contributed by atoms with van der Waals surface area (Å²) in [5.41, 5.74) is 2.64. The molecule has 1 saturated heterocycles. The number of amides is 1. The average Bonchev–Trinajstić information content (AvgIpc) is 3.46. The van der Waals surface area contributed by atoms with Crippen molar-refractivity contribution < 1.29 is 18.8 Å². The van der Waals surface area contributed by atoms with E-state index >= 15 is 0 Å². The smallest absolute Gasteiger partial charge is 0.226 e. The molecule has 2 aromatic carbocycles. The minimum atomic E-state index is -0.397. The molecule has 0 bridgehead atoms. The molecule has 156 valence electrons. The lowest BCUT2D eigenvalue weighted by Gasteiger charge is -2.15. The highest BCUT2D eigenvalue weighted by atomic mass is 16.5. The van der Waals surface area contributed by atoms with E-state index in [2.05, 4.69) is 10.5 Å². The summed E-state index contributed by atoms with van der Waals surface area (Å²) < 4.78 is 17.1. The Hall–Kier alpha value is -2.96. The van der Waals surface area contributed by atoms with Crippen LogP contribution >= 0.6 is 0 Å². The van der Waals surface area contributed by atoms with Gasteiger partial charge in [0, 0.05) is 25.1 Å². The van der Waals surface area contributed by atoms with Crippen molar-refractivity contribution in [1.82, 2.24) is 10.5 Å². The van der Waals surface area contributed by atoms with Crippen molar-refractivity contribution >= 4 is 5.91 Å². The predicted molar refractivity (Wildman–Crippen MR) is 112 cm³/mol. The second-order valence-corrected chi connectivity index (χ2v) is 7.52. The number of nitrogens with one attached hydrogen (secondary N) is 1. The van der Waals surface area contributed by atoms with E-state index in [0.29, 0.717) is 37.1 Å². The summed E-state index contributed by atoms with van der Waals surface area (Å²) in [6.45, 7) is 2.57. The molecule has 0 spiro atoms. The van der Waals surface area contributed by atoms with Gasteiger partial charge in [0.25, 0.3) is 0 Å². The molecule has 4 rings (SSSR count). The first-order chi connectivity index (χ1) is 14.8. The Kier molecular flexibility index (Phi) is 6.90. The van der Waals surface area contributed by atoms with Crippen LogP contribution in [0.5, 0.6) is 0 Å². The van der Waals surface area contributed by atoms with Crippen LogP contribution in [-0.2, 0) is 27.3 Å². The fraction of sp³-hybridized carbons (Fsp3) is 0.333. The van der Waals surface area contributed by atoms with E-state index < -0.39 is 6.10 Å². The fourth-order valence-corrected chi connectivity index (χ4v) is 3.49.